The van der Waals surface area contributed by atoms with E-state index < -0.39 is 24.3 Å². The van der Waals surface area contributed by atoms with Crippen molar-refractivity contribution in [3.8, 4) is 33.5 Å². The summed E-state index contributed by atoms with van der Waals surface area (Å²) in [4.78, 5) is 67.2. The van der Waals surface area contributed by atoms with Gasteiger partial charge in [-0.2, -0.15) is 0 Å². The van der Waals surface area contributed by atoms with Gasteiger partial charge in [0.1, 0.15) is 17.9 Å². The van der Waals surface area contributed by atoms with Gasteiger partial charge in [-0.3, -0.25) is 20.0 Å². The summed E-state index contributed by atoms with van der Waals surface area (Å²) in [5, 5.41) is 18.5. The molecule has 4 N–H and O–H groups in total. The predicted molar refractivity (Wildman–Crippen MR) is 245 cm³/mol. The zero-order valence-corrected chi connectivity index (χ0v) is 37.5. The zero-order valence-electron chi connectivity index (χ0n) is 35.9. The second kappa shape index (κ2) is 19.5. The number of alkyl carbamates (subject to hydrolysis) is 2. The van der Waals surface area contributed by atoms with Crippen LogP contribution in [0.5, 0.6) is 0 Å². The van der Waals surface area contributed by atoms with Crippen LogP contribution in [0, 0.1) is 17.2 Å². The highest BCUT2D eigenvalue weighted by molar-refractivity contribution is 7.27. The Labute approximate surface area is 369 Å². The van der Waals surface area contributed by atoms with E-state index >= 15 is 0 Å². The molecular weight excluding hydrogens is 825 g/mol. The first-order valence-electron chi connectivity index (χ1n) is 21.0. The largest absolute Gasteiger partial charge is 0.453 e. The molecule has 7 rings (SSSR count). The molecule has 62 heavy (non-hydrogen) atoms. The van der Waals surface area contributed by atoms with E-state index in [0.29, 0.717) is 25.3 Å². The molecule has 16 heteroatoms. The topological polar surface area (TPSA) is 182 Å². The number of H-pyrrole nitrogens is 1. The van der Waals surface area contributed by atoms with E-state index in [0.717, 1.165) is 65.0 Å². The number of likely N-dealkylation sites (tertiary alicyclic amines) is 2. The molecule has 4 amide bonds. The monoisotopic (exact) mass is 878 g/mol. The fourth-order valence-corrected chi connectivity index (χ4v) is 10.7. The van der Waals surface area contributed by atoms with Gasteiger partial charge in [0.05, 0.1) is 59.9 Å². The molecule has 2 saturated heterocycles. The fourth-order valence-electron chi connectivity index (χ4n) is 8.26. The molecule has 5 heterocycles. The summed E-state index contributed by atoms with van der Waals surface area (Å²) in [6, 6.07) is 14.8. The number of carbonyl (C=O) groups is 4. The van der Waals surface area contributed by atoms with Crippen molar-refractivity contribution in [2.24, 2.45) is 16.8 Å². The van der Waals surface area contributed by atoms with E-state index in [1.165, 1.54) is 29.2 Å². The molecule has 0 bridgehead atoms. The highest BCUT2D eigenvalue weighted by Crippen LogP contribution is 2.44. The summed E-state index contributed by atoms with van der Waals surface area (Å²) >= 11 is 3.44. The van der Waals surface area contributed by atoms with Crippen LogP contribution in [0.3, 0.4) is 0 Å². The molecule has 4 unspecified atom stereocenters. The Morgan fingerprint density at radius 1 is 0.806 bits per heavy atom. The highest BCUT2D eigenvalue weighted by atomic mass is 32.1. The lowest BCUT2D eigenvalue weighted by Crippen LogP contribution is -2.52. The third-order valence-corrected chi connectivity index (χ3v) is 13.9. The molecule has 14 nitrogen and oxygen atoms in total. The van der Waals surface area contributed by atoms with Crippen LogP contribution in [0.1, 0.15) is 70.8 Å². The first-order chi connectivity index (χ1) is 29.9. The van der Waals surface area contributed by atoms with Crippen molar-refractivity contribution >= 4 is 68.0 Å². The van der Waals surface area contributed by atoms with Gasteiger partial charge < -0.3 is 34.9 Å². The van der Waals surface area contributed by atoms with Crippen molar-refractivity contribution in [1.82, 2.24) is 30.4 Å². The van der Waals surface area contributed by atoms with Crippen LogP contribution in [0.25, 0.3) is 42.9 Å². The number of hydrogen-bond acceptors (Lipinski definition) is 11. The van der Waals surface area contributed by atoms with Gasteiger partial charge in [-0.1, -0.05) is 76.2 Å². The fraction of sp³-hybridized carbons (Fsp3) is 0.413. The Morgan fingerprint density at radius 2 is 1.32 bits per heavy atom. The van der Waals surface area contributed by atoms with Crippen molar-refractivity contribution in [2.45, 2.75) is 77.5 Å². The maximum absolute atomic E-state index is 13.6. The molecule has 0 aliphatic carbocycles. The van der Waals surface area contributed by atoms with Crippen molar-refractivity contribution in [3.05, 3.63) is 76.9 Å². The molecule has 2 fully saturated rings. The molecule has 326 valence electrons. The number of hydrogen-bond donors (Lipinski definition) is 4. The number of nitrogens with one attached hydrogen (secondary N) is 4. The second-order valence-electron chi connectivity index (χ2n) is 16.4. The van der Waals surface area contributed by atoms with E-state index in [1.807, 2.05) is 63.1 Å². The first-order valence-corrected chi connectivity index (χ1v) is 22.8. The number of ether oxygens (including phenoxy) is 2. The van der Waals surface area contributed by atoms with Crippen LogP contribution in [0.4, 0.5) is 9.59 Å². The lowest BCUT2D eigenvalue weighted by atomic mass is 10.0. The maximum atomic E-state index is 13.6. The number of fused-ring (bicyclic) bond motifs is 1. The Morgan fingerprint density at radius 3 is 1.89 bits per heavy atom. The zero-order chi connectivity index (χ0) is 44.1. The van der Waals surface area contributed by atoms with E-state index in [4.69, 9.17) is 19.9 Å². The number of aromatic amines is 1. The minimum Gasteiger partial charge on any atom is -0.453 e. The van der Waals surface area contributed by atoms with Crippen molar-refractivity contribution in [1.29, 1.82) is 5.41 Å². The average molecular weight is 879 g/mol. The Hall–Kier alpha value is -5.87. The molecule has 0 radical (unpaired) electrons. The molecule has 2 aromatic carbocycles. The molecule has 3 aromatic heterocycles. The SMILES string of the molecule is COC(=O)NC(C(=O)N1CCCC1CN=CC(=N)c1ccc(-c2csc3c(-c4ccc(-c5cnc(C6CCCN6C(=O)C(NC(=O)OC)C(C)C)[nH]5)cc4)csc23)cc1)C(C)C. The van der Waals surface area contributed by atoms with Crippen LogP contribution in [-0.4, -0.2) is 108 Å². The number of carbonyl (C=O) groups excluding carboxylic acids is 4. The minimum atomic E-state index is -0.689. The van der Waals surface area contributed by atoms with E-state index in [1.54, 1.807) is 33.8 Å². The van der Waals surface area contributed by atoms with Gasteiger partial charge in [0.2, 0.25) is 11.8 Å². The number of aromatic nitrogens is 2. The number of methoxy groups -OCH3 is 2. The summed E-state index contributed by atoms with van der Waals surface area (Å²) < 4.78 is 11.9. The molecule has 0 saturated carbocycles. The number of thiophene rings is 2. The minimum absolute atomic E-state index is 0.0922. The Balaban J connectivity index is 0.977. The summed E-state index contributed by atoms with van der Waals surface area (Å²) in [5.74, 6) is 0.252. The lowest BCUT2D eigenvalue weighted by molar-refractivity contribution is -0.136. The van der Waals surface area contributed by atoms with E-state index in [-0.39, 0.29) is 35.7 Å². The van der Waals surface area contributed by atoms with Gasteiger partial charge in [-0.15, -0.1) is 22.7 Å². The number of nitrogens with zero attached hydrogens (tertiary/aromatic N) is 4. The highest BCUT2D eigenvalue weighted by Gasteiger charge is 2.38. The van der Waals surface area contributed by atoms with Crippen molar-refractivity contribution in [2.75, 3.05) is 33.9 Å². The van der Waals surface area contributed by atoms with E-state index in [2.05, 4.69) is 55.6 Å². The number of imidazole rings is 1. The number of rotatable bonds is 14. The Kier molecular flexibility index (Phi) is 13.9. The van der Waals surface area contributed by atoms with Crippen LogP contribution in [-0.2, 0) is 19.1 Å². The van der Waals surface area contributed by atoms with Gasteiger partial charge in [0.15, 0.2) is 0 Å². The normalized spacial score (nSPS) is 17.5. The van der Waals surface area contributed by atoms with Gasteiger partial charge in [0, 0.05) is 46.8 Å². The standard InChI is InChI=1S/C46H54N8O6S2/c1-26(2)38(51-45(57)59-5)43(55)53-19-7-9-32(53)21-48-22-35(47)30-15-11-28(12-16-30)33-24-61-41-34(25-62-40(33)41)29-13-17-31(18-14-29)36-23-49-42(50-36)37-10-8-20-54(37)44(56)39(27(3)4)52-46(58)60-6/h11-18,22-27,32,37-39,47H,7-10,19-21H2,1-6H3,(H,49,50)(H,51,57)(H,52,58). The number of amides is 4. The molecular formula is C46H54N8O6S2. The summed E-state index contributed by atoms with van der Waals surface area (Å²) in [7, 11) is 2.58. The van der Waals surface area contributed by atoms with Crippen molar-refractivity contribution in [3.63, 3.8) is 0 Å². The maximum Gasteiger partial charge on any atom is 0.407 e. The summed E-state index contributed by atoms with van der Waals surface area (Å²) in [6.07, 6.45) is 5.44. The van der Waals surface area contributed by atoms with Crippen molar-refractivity contribution < 1.29 is 28.7 Å². The quantitative estimate of drug-likeness (QED) is 0.0807. The summed E-state index contributed by atoms with van der Waals surface area (Å²) in [6.45, 7) is 9.18. The van der Waals surface area contributed by atoms with E-state index in [9.17, 15) is 19.2 Å². The molecule has 4 atom stereocenters. The average Bonchev–Trinajstić information content (AvgIpc) is 4.13. The number of benzene rings is 2. The number of aliphatic imine (C=N–C) groups is 1. The third-order valence-electron chi connectivity index (χ3n) is 11.7. The van der Waals surface area contributed by atoms with Crippen LogP contribution >= 0.6 is 22.7 Å². The molecule has 5 aromatic rings. The predicted octanol–water partition coefficient (Wildman–Crippen LogP) is 8.54. The van der Waals surface area contributed by atoms with Gasteiger partial charge in [-0.25, -0.2) is 14.6 Å². The summed E-state index contributed by atoms with van der Waals surface area (Å²) in [5.41, 5.74) is 7.43. The molecule has 2 aliphatic heterocycles. The second-order valence-corrected chi connectivity index (χ2v) is 18.2. The Bertz CT molecular complexity index is 2440. The lowest BCUT2D eigenvalue weighted by Gasteiger charge is -2.30. The van der Waals surface area contributed by atoms with Gasteiger partial charge in [0.25, 0.3) is 0 Å². The van der Waals surface area contributed by atoms with Gasteiger partial charge >= 0.3 is 12.2 Å². The third kappa shape index (κ3) is 9.45. The van der Waals surface area contributed by atoms with Gasteiger partial charge in [-0.05, 0) is 54.2 Å². The molecule has 2 aliphatic rings. The van der Waals surface area contributed by atoms with Crippen LogP contribution in [0.15, 0.2) is 70.5 Å². The first kappa shape index (κ1) is 44.2. The van der Waals surface area contributed by atoms with Crippen LogP contribution < -0.4 is 10.6 Å². The van der Waals surface area contributed by atoms with Crippen LogP contribution in [0.2, 0.25) is 0 Å². The smallest absolute Gasteiger partial charge is 0.407 e. The molecule has 0 spiro atoms.